The third-order valence-corrected chi connectivity index (χ3v) is 4.23. The fourth-order valence-electron chi connectivity index (χ4n) is 1.01. The average molecular weight is 328 g/mol. The van der Waals surface area contributed by atoms with Gasteiger partial charge in [-0.15, -0.1) is 0 Å². The van der Waals surface area contributed by atoms with Crippen molar-refractivity contribution < 1.29 is 27.8 Å². The number of nitrogens with one attached hydrogen (secondary N) is 1. The number of hydrogen-bond acceptors (Lipinski definition) is 5. The lowest BCUT2D eigenvalue weighted by Crippen LogP contribution is -2.34. The highest BCUT2D eigenvalue weighted by Gasteiger charge is 2.25. The highest BCUT2D eigenvalue weighted by molar-refractivity contribution is 9.10. The summed E-state index contributed by atoms with van der Waals surface area (Å²) in [4.78, 5) is 10.3. The van der Waals surface area contributed by atoms with E-state index in [2.05, 4.69) is 20.7 Å². The number of aromatic carboxylic acids is 1. The van der Waals surface area contributed by atoms with Gasteiger partial charge in [0, 0.05) is 12.1 Å². The van der Waals surface area contributed by atoms with Crippen molar-refractivity contribution in [2.24, 2.45) is 0 Å². The first-order chi connectivity index (χ1) is 7.77. The summed E-state index contributed by atoms with van der Waals surface area (Å²) in [6.45, 7) is 1.09. The van der Waals surface area contributed by atoms with Crippen molar-refractivity contribution in [1.82, 2.24) is 4.72 Å². The number of furan rings is 1. The van der Waals surface area contributed by atoms with Crippen molar-refractivity contribution in [3.8, 4) is 0 Å². The minimum absolute atomic E-state index is 0.201. The number of carbonyl (C=O) groups is 1. The summed E-state index contributed by atoms with van der Waals surface area (Å²) < 4.78 is 30.2. The monoisotopic (exact) mass is 327 g/mol. The Labute approximate surface area is 106 Å². The molecule has 0 saturated heterocycles. The molecular formula is C8H10BrNO6S. The van der Waals surface area contributed by atoms with E-state index in [0.29, 0.717) is 0 Å². The molecule has 1 heterocycles. The third kappa shape index (κ3) is 3.28. The zero-order chi connectivity index (χ0) is 13.2. The average Bonchev–Trinajstić information content (AvgIpc) is 2.60. The summed E-state index contributed by atoms with van der Waals surface area (Å²) in [7, 11) is -3.93. The topological polar surface area (TPSA) is 117 Å². The SMILES string of the molecule is C[C@H](CO)NS(=O)(=O)c1cc(C(=O)O)oc1Br. The number of halogens is 1. The summed E-state index contributed by atoms with van der Waals surface area (Å²) in [6, 6.07) is 0.203. The molecule has 17 heavy (non-hydrogen) atoms. The van der Waals surface area contributed by atoms with Crippen molar-refractivity contribution >= 4 is 31.9 Å². The molecule has 0 fully saturated rings. The minimum atomic E-state index is -3.93. The molecular weight excluding hydrogens is 318 g/mol. The molecule has 1 atom stereocenters. The van der Waals surface area contributed by atoms with E-state index in [4.69, 9.17) is 14.6 Å². The van der Waals surface area contributed by atoms with Gasteiger partial charge in [0.2, 0.25) is 15.8 Å². The Balaban J connectivity index is 3.11. The Morgan fingerprint density at radius 1 is 1.65 bits per heavy atom. The van der Waals surface area contributed by atoms with E-state index in [1.807, 2.05) is 0 Å². The number of aliphatic hydroxyl groups is 1. The summed E-state index contributed by atoms with van der Waals surface area (Å²) in [5.41, 5.74) is 0. The number of rotatable bonds is 5. The van der Waals surface area contributed by atoms with Crippen LogP contribution in [-0.2, 0) is 10.0 Å². The summed E-state index contributed by atoms with van der Waals surface area (Å²) in [6.07, 6.45) is 0. The van der Waals surface area contributed by atoms with Crippen LogP contribution in [0.5, 0.6) is 0 Å². The summed E-state index contributed by atoms with van der Waals surface area (Å²) in [5.74, 6) is -1.86. The van der Waals surface area contributed by atoms with Gasteiger partial charge in [0.15, 0.2) is 4.67 Å². The van der Waals surface area contributed by atoms with Gasteiger partial charge in [0.25, 0.3) is 0 Å². The van der Waals surface area contributed by atoms with E-state index in [0.717, 1.165) is 6.07 Å². The van der Waals surface area contributed by atoms with Crippen LogP contribution in [0.2, 0.25) is 0 Å². The molecule has 1 aromatic rings. The molecule has 96 valence electrons. The predicted octanol–water partition coefficient (Wildman–Crippen LogP) is 0.399. The molecule has 9 heteroatoms. The molecule has 1 aromatic heterocycles. The maximum Gasteiger partial charge on any atom is 0.371 e. The third-order valence-electron chi connectivity index (χ3n) is 1.79. The second-order valence-electron chi connectivity index (χ2n) is 3.26. The van der Waals surface area contributed by atoms with Crippen molar-refractivity contribution in [2.75, 3.05) is 6.61 Å². The molecule has 0 amide bonds. The van der Waals surface area contributed by atoms with Crippen LogP contribution < -0.4 is 4.72 Å². The zero-order valence-corrected chi connectivity index (χ0v) is 11.1. The molecule has 7 nitrogen and oxygen atoms in total. The van der Waals surface area contributed by atoms with Crippen molar-refractivity contribution in [1.29, 1.82) is 0 Å². The van der Waals surface area contributed by atoms with Gasteiger partial charge in [-0.05, 0) is 22.9 Å². The quantitative estimate of drug-likeness (QED) is 0.720. The lowest BCUT2D eigenvalue weighted by molar-refractivity contribution is 0.0661. The molecule has 0 saturated carbocycles. The van der Waals surface area contributed by atoms with Crippen LogP contribution in [0.25, 0.3) is 0 Å². The van der Waals surface area contributed by atoms with Gasteiger partial charge in [0.1, 0.15) is 4.90 Å². The van der Waals surface area contributed by atoms with Crippen LogP contribution in [0.1, 0.15) is 17.5 Å². The molecule has 0 aliphatic rings. The smallest absolute Gasteiger partial charge is 0.371 e. The van der Waals surface area contributed by atoms with E-state index in [9.17, 15) is 13.2 Å². The van der Waals surface area contributed by atoms with Crippen molar-refractivity contribution in [2.45, 2.75) is 17.9 Å². The Morgan fingerprint density at radius 2 is 2.24 bits per heavy atom. The molecule has 0 aromatic carbocycles. The number of hydrogen-bond donors (Lipinski definition) is 3. The van der Waals surface area contributed by atoms with Crippen LogP contribution in [0.3, 0.4) is 0 Å². The highest BCUT2D eigenvalue weighted by Crippen LogP contribution is 2.26. The maximum absolute atomic E-state index is 11.8. The Bertz CT molecular complexity index is 522. The molecule has 0 spiro atoms. The van der Waals surface area contributed by atoms with E-state index in [-0.39, 0.29) is 16.2 Å². The molecule has 3 N–H and O–H groups in total. The normalized spacial score (nSPS) is 13.6. The second kappa shape index (κ2) is 5.17. The first-order valence-corrected chi connectivity index (χ1v) is 6.71. The minimum Gasteiger partial charge on any atom is -0.475 e. The fraction of sp³-hybridized carbons (Fsp3) is 0.375. The first kappa shape index (κ1) is 14.2. The first-order valence-electron chi connectivity index (χ1n) is 4.43. The molecule has 1 rings (SSSR count). The lowest BCUT2D eigenvalue weighted by Gasteiger charge is -2.09. The van der Waals surface area contributed by atoms with Gasteiger partial charge in [-0.3, -0.25) is 0 Å². The predicted molar refractivity (Wildman–Crippen MR) is 60.2 cm³/mol. The largest absolute Gasteiger partial charge is 0.475 e. The van der Waals surface area contributed by atoms with Gasteiger partial charge < -0.3 is 14.6 Å². The summed E-state index contributed by atoms with van der Waals surface area (Å²) >= 11 is 2.82. The van der Waals surface area contributed by atoms with Crippen LogP contribution in [0.4, 0.5) is 0 Å². The Kier molecular flexibility index (Phi) is 4.31. The van der Waals surface area contributed by atoms with Crippen LogP contribution >= 0.6 is 15.9 Å². The molecule has 0 unspecified atom stereocenters. The Morgan fingerprint density at radius 3 is 2.65 bits per heavy atom. The zero-order valence-electron chi connectivity index (χ0n) is 8.68. The molecule has 0 bridgehead atoms. The summed E-state index contributed by atoms with van der Waals surface area (Å²) in [5, 5.41) is 17.4. The highest BCUT2D eigenvalue weighted by atomic mass is 79.9. The van der Waals surface area contributed by atoms with Gasteiger partial charge >= 0.3 is 5.97 Å². The molecule has 0 aliphatic carbocycles. The van der Waals surface area contributed by atoms with E-state index < -0.39 is 27.8 Å². The standard InChI is InChI=1S/C8H10BrNO6S/c1-4(3-11)10-17(14,15)6-2-5(8(12)13)16-7(6)9/h2,4,10-11H,3H2,1H3,(H,12,13)/t4-/m1/s1. The van der Waals surface area contributed by atoms with E-state index in [1.165, 1.54) is 6.92 Å². The van der Waals surface area contributed by atoms with Crippen LogP contribution in [0, 0.1) is 0 Å². The number of carboxylic acids is 1. The van der Waals surface area contributed by atoms with Gasteiger partial charge in [0.05, 0.1) is 6.61 Å². The number of sulfonamides is 1. The maximum atomic E-state index is 11.8. The van der Waals surface area contributed by atoms with Gasteiger partial charge in [-0.2, -0.15) is 0 Å². The van der Waals surface area contributed by atoms with Gasteiger partial charge in [-0.25, -0.2) is 17.9 Å². The van der Waals surface area contributed by atoms with Crippen molar-refractivity contribution in [3.63, 3.8) is 0 Å². The van der Waals surface area contributed by atoms with Crippen LogP contribution in [-0.4, -0.2) is 37.2 Å². The Hall–Kier alpha value is -0.900. The van der Waals surface area contributed by atoms with E-state index >= 15 is 0 Å². The van der Waals surface area contributed by atoms with Crippen LogP contribution in [0.15, 0.2) is 20.0 Å². The molecule has 0 aliphatic heterocycles. The number of aliphatic hydroxyl groups excluding tert-OH is 1. The lowest BCUT2D eigenvalue weighted by atomic mass is 10.4. The van der Waals surface area contributed by atoms with E-state index in [1.54, 1.807) is 0 Å². The van der Waals surface area contributed by atoms with Crippen molar-refractivity contribution in [3.05, 3.63) is 16.5 Å². The number of carboxylic acid groups (broad SMARTS) is 1. The van der Waals surface area contributed by atoms with Gasteiger partial charge in [-0.1, -0.05) is 0 Å². The molecule has 0 radical (unpaired) electrons. The second-order valence-corrected chi connectivity index (χ2v) is 5.66. The fourth-order valence-corrected chi connectivity index (χ4v) is 3.18.